The van der Waals surface area contributed by atoms with Crippen LogP contribution in [0.1, 0.15) is 0 Å². The van der Waals surface area contributed by atoms with E-state index < -0.39 is 21.7 Å². The van der Waals surface area contributed by atoms with Crippen LogP contribution in [0.5, 0.6) is 0 Å². The van der Waals surface area contributed by atoms with Gasteiger partial charge < -0.3 is 4.90 Å². The van der Waals surface area contributed by atoms with Gasteiger partial charge in [-0.15, -0.1) is 0 Å². The molecule has 0 aliphatic carbocycles. The summed E-state index contributed by atoms with van der Waals surface area (Å²) in [4.78, 5) is 1.96. The fourth-order valence-electron chi connectivity index (χ4n) is 2.59. The van der Waals surface area contributed by atoms with E-state index in [4.69, 9.17) is 0 Å². The monoisotopic (exact) mass is 388 g/mol. The predicted octanol–water partition coefficient (Wildman–Crippen LogP) is 4.50. The molecule has 7 heteroatoms. The minimum absolute atomic E-state index is 0.0554. The molecule has 0 amide bonds. The van der Waals surface area contributed by atoms with Gasteiger partial charge in [0.2, 0.25) is 0 Å². The summed E-state index contributed by atoms with van der Waals surface area (Å²) < 4.78 is 54.3. The van der Waals surface area contributed by atoms with Crippen LogP contribution < -0.4 is 9.62 Å². The minimum atomic E-state index is -3.77. The van der Waals surface area contributed by atoms with Crippen molar-refractivity contribution in [3.8, 4) is 11.1 Å². The Bertz CT molecular complexity index is 1030. The van der Waals surface area contributed by atoms with Gasteiger partial charge in [0.25, 0.3) is 10.0 Å². The van der Waals surface area contributed by atoms with Crippen LogP contribution in [0.4, 0.5) is 20.2 Å². The van der Waals surface area contributed by atoms with E-state index in [0.29, 0.717) is 16.8 Å². The first-order valence-electron chi connectivity index (χ1n) is 8.11. The molecule has 0 unspecified atom stereocenters. The van der Waals surface area contributed by atoms with Gasteiger partial charge in [-0.05, 0) is 59.7 Å². The number of hydrogen-bond donors (Lipinski definition) is 1. The normalized spacial score (nSPS) is 11.3. The molecule has 3 rings (SSSR count). The van der Waals surface area contributed by atoms with E-state index in [2.05, 4.69) is 4.72 Å². The van der Waals surface area contributed by atoms with E-state index in [1.165, 1.54) is 36.4 Å². The molecular formula is C20H18F2N2O2S. The highest BCUT2D eigenvalue weighted by molar-refractivity contribution is 7.92. The molecule has 0 radical (unpaired) electrons. The molecule has 0 bridgehead atoms. The molecule has 27 heavy (non-hydrogen) atoms. The molecule has 0 aliphatic rings. The number of sulfonamides is 1. The highest BCUT2D eigenvalue weighted by atomic mass is 32.2. The summed E-state index contributed by atoms with van der Waals surface area (Å²) in [6, 6.07) is 16.0. The molecule has 1 N–H and O–H groups in total. The molecule has 0 aromatic heterocycles. The smallest absolute Gasteiger partial charge is 0.261 e. The first-order chi connectivity index (χ1) is 12.7. The van der Waals surface area contributed by atoms with E-state index in [0.717, 1.165) is 11.8 Å². The average Bonchev–Trinajstić information content (AvgIpc) is 2.61. The second-order valence-electron chi connectivity index (χ2n) is 6.23. The summed E-state index contributed by atoms with van der Waals surface area (Å²) >= 11 is 0. The summed E-state index contributed by atoms with van der Waals surface area (Å²) in [6.45, 7) is 0. The van der Waals surface area contributed by atoms with Crippen molar-refractivity contribution in [3.63, 3.8) is 0 Å². The van der Waals surface area contributed by atoms with Gasteiger partial charge >= 0.3 is 0 Å². The summed E-state index contributed by atoms with van der Waals surface area (Å²) in [7, 11) is 0.0146. The molecule has 0 aliphatic heterocycles. The van der Waals surface area contributed by atoms with Crippen LogP contribution in [0.2, 0.25) is 0 Å². The van der Waals surface area contributed by atoms with Gasteiger partial charge in [0.15, 0.2) is 0 Å². The lowest BCUT2D eigenvalue weighted by Gasteiger charge is -2.13. The maximum Gasteiger partial charge on any atom is 0.261 e. The minimum Gasteiger partial charge on any atom is -0.378 e. The quantitative estimate of drug-likeness (QED) is 0.700. The zero-order valence-electron chi connectivity index (χ0n) is 14.8. The number of hydrogen-bond acceptors (Lipinski definition) is 3. The lowest BCUT2D eigenvalue weighted by molar-refractivity contribution is 0.584. The maximum atomic E-state index is 13.4. The van der Waals surface area contributed by atoms with Crippen molar-refractivity contribution in [1.82, 2.24) is 0 Å². The first kappa shape index (κ1) is 18.8. The maximum absolute atomic E-state index is 13.4. The standard InChI is InChI=1S/C20H18F2N2O2S/c1-24(2)19-7-5-18(6-8-19)23-27(25,26)20-9-3-14(4-10-20)15-11-16(21)13-17(22)12-15/h3-13,23H,1-2H3. The Balaban J connectivity index is 1.82. The van der Waals surface area contributed by atoms with Crippen molar-refractivity contribution in [2.45, 2.75) is 4.90 Å². The van der Waals surface area contributed by atoms with Crippen molar-refractivity contribution >= 4 is 21.4 Å². The Morgan fingerprint density at radius 2 is 1.33 bits per heavy atom. The molecule has 0 spiro atoms. The zero-order chi connectivity index (χ0) is 19.6. The van der Waals surface area contributed by atoms with Gasteiger partial charge in [-0.2, -0.15) is 0 Å². The fourth-order valence-corrected chi connectivity index (χ4v) is 3.65. The molecule has 0 heterocycles. The van der Waals surface area contributed by atoms with Crippen LogP contribution in [0.25, 0.3) is 11.1 Å². The van der Waals surface area contributed by atoms with Gasteiger partial charge in [-0.25, -0.2) is 17.2 Å². The molecule has 0 saturated heterocycles. The number of halogens is 2. The molecule has 0 saturated carbocycles. The Morgan fingerprint density at radius 3 is 1.85 bits per heavy atom. The van der Waals surface area contributed by atoms with E-state index in [9.17, 15) is 17.2 Å². The number of rotatable bonds is 5. The van der Waals surface area contributed by atoms with E-state index in [-0.39, 0.29) is 4.90 Å². The lowest BCUT2D eigenvalue weighted by atomic mass is 10.1. The zero-order valence-corrected chi connectivity index (χ0v) is 15.6. The highest BCUT2D eigenvalue weighted by Gasteiger charge is 2.14. The SMILES string of the molecule is CN(C)c1ccc(NS(=O)(=O)c2ccc(-c3cc(F)cc(F)c3)cc2)cc1. The van der Waals surface area contributed by atoms with Gasteiger partial charge in [0.05, 0.1) is 4.90 Å². The number of nitrogens with zero attached hydrogens (tertiary/aromatic N) is 1. The molecular weight excluding hydrogens is 370 g/mol. The largest absolute Gasteiger partial charge is 0.378 e. The van der Waals surface area contributed by atoms with Crippen molar-refractivity contribution < 1.29 is 17.2 Å². The molecule has 3 aromatic rings. The fraction of sp³-hybridized carbons (Fsp3) is 0.100. The number of nitrogens with one attached hydrogen (secondary N) is 1. The third-order valence-corrected chi connectivity index (χ3v) is 5.39. The molecule has 140 valence electrons. The summed E-state index contributed by atoms with van der Waals surface area (Å²) in [5.41, 5.74) is 2.24. The van der Waals surface area contributed by atoms with Crippen molar-refractivity contribution in [1.29, 1.82) is 0 Å². The van der Waals surface area contributed by atoms with Gasteiger partial charge in [0, 0.05) is 31.5 Å². The summed E-state index contributed by atoms with van der Waals surface area (Å²) in [5, 5.41) is 0. The molecule has 0 fully saturated rings. The van der Waals surface area contributed by atoms with E-state index in [1.807, 2.05) is 19.0 Å². The highest BCUT2D eigenvalue weighted by Crippen LogP contribution is 2.25. The second-order valence-corrected chi connectivity index (χ2v) is 7.91. The third kappa shape index (κ3) is 4.43. The van der Waals surface area contributed by atoms with Crippen molar-refractivity contribution in [2.75, 3.05) is 23.7 Å². The van der Waals surface area contributed by atoms with Crippen LogP contribution in [-0.4, -0.2) is 22.5 Å². The van der Waals surface area contributed by atoms with E-state index >= 15 is 0 Å². The van der Waals surface area contributed by atoms with Crippen LogP contribution in [0.15, 0.2) is 71.6 Å². The van der Waals surface area contributed by atoms with Crippen molar-refractivity contribution in [2.24, 2.45) is 0 Å². The number of anilines is 2. The van der Waals surface area contributed by atoms with Gasteiger partial charge in [0.1, 0.15) is 11.6 Å². The van der Waals surface area contributed by atoms with Crippen LogP contribution >= 0.6 is 0 Å². The predicted molar refractivity (Wildman–Crippen MR) is 103 cm³/mol. The number of benzene rings is 3. The van der Waals surface area contributed by atoms with Gasteiger partial charge in [-0.1, -0.05) is 12.1 Å². The summed E-state index contributed by atoms with van der Waals surface area (Å²) in [6.07, 6.45) is 0. The second kappa shape index (κ2) is 7.36. The van der Waals surface area contributed by atoms with Crippen LogP contribution in [0, 0.1) is 11.6 Å². The Morgan fingerprint density at radius 1 is 0.778 bits per heavy atom. The van der Waals surface area contributed by atoms with E-state index in [1.54, 1.807) is 24.3 Å². The van der Waals surface area contributed by atoms with Crippen LogP contribution in [-0.2, 0) is 10.0 Å². The first-order valence-corrected chi connectivity index (χ1v) is 9.60. The molecule has 0 atom stereocenters. The molecule has 3 aromatic carbocycles. The van der Waals surface area contributed by atoms with Crippen molar-refractivity contribution in [3.05, 3.63) is 78.4 Å². The Hall–Kier alpha value is -2.93. The topological polar surface area (TPSA) is 49.4 Å². The molecule has 4 nitrogen and oxygen atoms in total. The average molecular weight is 388 g/mol. The van der Waals surface area contributed by atoms with Gasteiger partial charge in [-0.3, -0.25) is 4.72 Å². The lowest BCUT2D eigenvalue weighted by Crippen LogP contribution is -2.13. The van der Waals surface area contributed by atoms with Crippen LogP contribution in [0.3, 0.4) is 0 Å². The summed E-state index contributed by atoms with van der Waals surface area (Å²) in [5.74, 6) is -1.38. The third-order valence-electron chi connectivity index (χ3n) is 4.00. The Kier molecular flexibility index (Phi) is 5.14. The Labute approximate surface area is 157 Å².